The molecule has 1 heterocycles. The Morgan fingerprint density at radius 3 is 1.37 bits per heavy atom. The molecule has 404 valence electrons. The second-order valence-electron chi connectivity index (χ2n) is 19.7. The number of carbonyl (C=O) groups is 1. The maximum atomic E-state index is 13.0. The predicted molar refractivity (Wildman–Crippen MR) is 295 cm³/mol. The Morgan fingerprint density at radius 1 is 0.500 bits per heavy atom. The van der Waals surface area contributed by atoms with Gasteiger partial charge in [-0.2, -0.15) is 0 Å². The summed E-state index contributed by atoms with van der Waals surface area (Å²) in [5, 5.41) is 54.4. The van der Waals surface area contributed by atoms with Gasteiger partial charge in [0, 0.05) is 6.42 Å². The second-order valence-corrected chi connectivity index (χ2v) is 19.7. The number of amides is 1. The highest BCUT2D eigenvalue weighted by atomic mass is 16.7. The maximum absolute atomic E-state index is 13.0. The van der Waals surface area contributed by atoms with Crippen molar-refractivity contribution in [3.63, 3.8) is 0 Å². The van der Waals surface area contributed by atoms with Crippen molar-refractivity contribution >= 4 is 5.91 Å². The van der Waals surface area contributed by atoms with Crippen LogP contribution in [0.2, 0.25) is 0 Å². The smallest absolute Gasteiger partial charge is 0.220 e. The number of hydrogen-bond acceptors (Lipinski definition) is 8. The fourth-order valence-corrected chi connectivity index (χ4v) is 8.68. The minimum atomic E-state index is -1.59. The van der Waals surface area contributed by atoms with Crippen LogP contribution in [-0.4, -0.2) is 87.5 Å². The van der Waals surface area contributed by atoms with Crippen LogP contribution < -0.4 is 5.32 Å². The third kappa shape index (κ3) is 39.0. The van der Waals surface area contributed by atoms with Crippen LogP contribution >= 0.6 is 0 Å². The van der Waals surface area contributed by atoms with Gasteiger partial charge in [0.1, 0.15) is 24.4 Å². The highest BCUT2D eigenvalue weighted by Crippen LogP contribution is 2.23. The molecule has 7 unspecified atom stereocenters. The number of carbonyl (C=O) groups excluding carboxylic acids is 1. The molecular formula is C61H107NO8. The van der Waals surface area contributed by atoms with E-state index in [9.17, 15) is 30.3 Å². The van der Waals surface area contributed by atoms with Crippen LogP contribution in [0.25, 0.3) is 0 Å². The van der Waals surface area contributed by atoms with E-state index in [0.29, 0.717) is 6.42 Å². The Balaban J connectivity index is 2.25. The number of rotatable bonds is 48. The molecule has 1 amide bonds. The first-order valence-corrected chi connectivity index (χ1v) is 28.8. The SMILES string of the molecule is CC/C=C\C/C=C\C/C=C\C/C=C\C/C=C\CCCC(=O)NC(COC1OC(CO)C(O)C(O)C1O)C(O)/C=C/CC/C=C/CCCCCCCCCCCCCCCCCCCCCCCCCC. The summed E-state index contributed by atoms with van der Waals surface area (Å²) in [6.45, 7) is 3.62. The van der Waals surface area contributed by atoms with Gasteiger partial charge in [-0.05, 0) is 70.6 Å². The van der Waals surface area contributed by atoms with E-state index in [2.05, 4.69) is 92.1 Å². The summed E-state index contributed by atoms with van der Waals surface area (Å²) in [4.78, 5) is 13.0. The maximum Gasteiger partial charge on any atom is 0.220 e. The molecule has 0 aliphatic carbocycles. The van der Waals surface area contributed by atoms with E-state index in [4.69, 9.17) is 9.47 Å². The average Bonchev–Trinajstić information content (AvgIpc) is 3.36. The number of ether oxygens (including phenoxy) is 2. The summed E-state index contributed by atoms with van der Waals surface area (Å²) < 4.78 is 11.2. The third-order valence-corrected chi connectivity index (χ3v) is 13.2. The fraction of sp³-hybridized carbons (Fsp3) is 0.754. The van der Waals surface area contributed by atoms with Gasteiger partial charge < -0.3 is 40.3 Å². The van der Waals surface area contributed by atoms with Gasteiger partial charge in [0.2, 0.25) is 5.91 Å². The summed E-state index contributed by atoms with van der Waals surface area (Å²) in [6.07, 6.45) is 63.9. The summed E-state index contributed by atoms with van der Waals surface area (Å²) in [5.41, 5.74) is 0. The molecule has 6 N–H and O–H groups in total. The van der Waals surface area contributed by atoms with Crippen molar-refractivity contribution in [3.05, 3.63) is 85.1 Å². The molecule has 0 aromatic carbocycles. The molecule has 70 heavy (non-hydrogen) atoms. The van der Waals surface area contributed by atoms with E-state index in [1.165, 1.54) is 154 Å². The van der Waals surface area contributed by atoms with Crippen molar-refractivity contribution in [3.8, 4) is 0 Å². The van der Waals surface area contributed by atoms with E-state index >= 15 is 0 Å². The minimum Gasteiger partial charge on any atom is -0.394 e. The highest BCUT2D eigenvalue weighted by Gasteiger charge is 2.44. The zero-order valence-corrected chi connectivity index (χ0v) is 44.7. The zero-order valence-electron chi connectivity index (χ0n) is 44.7. The molecule has 1 saturated heterocycles. The molecule has 1 fully saturated rings. The lowest BCUT2D eigenvalue weighted by Crippen LogP contribution is -2.60. The van der Waals surface area contributed by atoms with Gasteiger partial charge in [0.05, 0.1) is 25.4 Å². The molecule has 1 aliphatic rings. The molecule has 1 rings (SSSR count). The fourth-order valence-electron chi connectivity index (χ4n) is 8.68. The van der Waals surface area contributed by atoms with Crippen molar-refractivity contribution in [2.24, 2.45) is 0 Å². The zero-order chi connectivity index (χ0) is 50.8. The molecule has 0 spiro atoms. The molecule has 9 heteroatoms. The number of hydrogen-bond donors (Lipinski definition) is 6. The normalized spacial score (nSPS) is 20.0. The van der Waals surface area contributed by atoms with Crippen LogP contribution in [0.1, 0.15) is 239 Å². The van der Waals surface area contributed by atoms with E-state index in [0.717, 1.165) is 57.8 Å². The standard InChI is InChI=1S/C61H107NO8/c1-3-5-7-9-11-13-15-17-19-21-22-23-24-25-26-27-28-29-30-31-32-33-35-36-38-40-42-44-46-48-50-55(64)54(53-69-61-60(68)59(67)58(66)56(52-63)70-61)62-57(65)51-49-47-45-43-41-39-37-34-20-18-16-14-12-10-8-6-4-2/h6,8,12,14,18,20,37,39-40,42-43,45,48,50,54-56,58-61,63-64,66-68H,3-5,7,9-11,13,15-17,19,21-36,38,41,44,46-47,49,51-53H2,1-2H3,(H,62,65)/b8-6-,14-12-,20-18-,39-37-,42-40+,45-43-,50-48+. The van der Waals surface area contributed by atoms with Crippen molar-refractivity contribution < 1.29 is 39.8 Å². The van der Waals surface area contributed by atoms with Crippen molar-refractivity contribution in [1.82, 2.24) is 5.32 Å². The summed E-state index contributed by atoms with van der Waals surface area (Å²) in [6, 6.07) is -0.857. The van der Waals surface area contributed by atoms with Gasteiger partial charge in [-0.15, -0.1) is 0 Å². The Labute approximate surface area is 429 Å². The van der Waals surface area contributed by atoms with Crippen LogP contribution in [0.15, 0.2) is 85.1 Å². The first-order valence-electron chi connectivity index (χ1n) is 28.8. The lowest BCUT2D eigenvalue weighted by Gasteiger charge is -2.40. The van der Waals surface area contributed by atoms with E-state index in [1.54, 1.807) is 6.08 Å². The number of allylic oxidation sites excluding steroid dienone is 13. The van der Waals surface area contributed by atoms with Crippen LogP contribution in [0.3, 0.4) is 0 Å². The topological polar surface area (TPSA) is 149 Å². The van der Waals surface area contributed by atoms with Gasteiger partial charge in [0.25, 0.3) is 0 Å². The largest absolute Gasteiger partial charge is 0.394 e. The monoisotopic (exact) mass is 982 g/mol. The summed E-state index contributed by atoms with van der Waals surface area (Å²) in [5.74, 6) is -0.245. The lowest BCUT2D eigenvalue weighted by atomic mass is 9.99. The van der Waals surface area contributed by atoms with Crippen LogP contribution in [0, 0.1) is 0 Å². The van der Waals surface area contributed by atoms with Gasteiger partial charge in [-0.25, -0.2) is 0 Å². The quantitative estimate of drug-likeness (QED) is 0.0261. The number of aliphatic hydroxyl groups is 5. The number of unbranched alkanes of at least 4 members (excludes halogenated alkanes) is 26. The molecule has 1 aliphatic heterocycles. The minimum absolute atomic E-state index is 0.228. The number of aliphatic hydroxyl groups excluding tert-OH is 5. The predicted octanol–water partition coefficient (Wildman–Crippen LogP) is 14.2. The van der Waals surface area contributed by atoms with Crippen molar-refractivity contribution in [2.45, 2.75) is 281 Å². The van der Waals surface area contributed by atoms with Crippen molar-refractivity contribution in [2.75, 3.05) is 13.2 Å². The first kappa shape index (κ1) is 65.4. The van der Waals surface area contributed by atoms with Gasteiger partial charge in [-0.1, -0.05) is 247 Å². The Kier molecular flexibility index (Phi) is 46.6. The molecule has 0 aromatic rings. The molecule has 7 atom stereocenters. The van der Waals surface area contributed by atoms with E-state index in [-0.39, 0.29) is 18.9 Å². The Morgan fingerprint density at radius 2 is 0.900 bits per heavy atom. The van der Waals surface area contributed by atoms with Crippen LogP contribution in [0.4, 0.5) is 0 Å². The number of nitrogens with one attached hydrogen (secondary N) is 1. The molecule has 0 saturated carbocycles. The Hall–Kier alpha value is -2.63. The molecule has 0 aromatic heterocycles. The summed E-state index contributed by atoms with van der Waals surface area (Å²) in [7, 11) is 0. The van der Waals surface area contributed by atoms with E-state index < -0.39 is 49.5 Å². The summed E-state index contributed by atoms with van der Waals surface area (Å²) >= 11 is 0. The highest BCUT2D eigenvalue weighted by molar-refractivity contribution is 5.76. The molecular weight excluding hydrogens is 875 g/mol. The molecule has 9 nitrogen and oxygen atoms in total. The van der Waals surface area contributed by atoms with Gasteiger partial charge >= 0.3 is 0 Å². The van der Waals surface area contributed by atoms with Gasteiger partial charge in [0.15, 0.2) is 6.29 Å². The van der Waals surface area contributed by atoms with Crippen LogP contribution in [-0.2, 0) is 14.3 Å². The molecule has 0 radical (unpaired) electrons. The molecule has 0 bridgehead atoms. The van der Waals surface area contributed by atoms with Gasteiger partial charge in [-0.3, -0.25) is 4.79 Å². The average molecular weight is 983 g/mol. The van der Waals surface area contributed by atoms with Crippen molar-refractivity contribution in [1.29, 1.82) is 0 Å². The van der Waals surface area contributed by atoms with E-state index in [1.807, 2.05) is 6.08 Å². The third-order valence-electron chi connectivity index (χ3n) is 13.2. The Bertz CT molecular complexity index is 1370. The van der Waals surface area contributed by atoms with Crippen LogP contribution in [0.5, 0.6) is 0 Å². The first-order chi connectivity index (χ1) is 34.3. The second kappa shape index (κ2) is 49.9. The lowest BCUT2D eigenvalue weighted by molar-refractivity contribution is -0.302.